The standard InChI is InChI=1S/C56H37NO/c1-2-14-38(15-3-1)39-28-30-42(31-29-39)46-18-6-9-24-52(46)57(53-25-10-7-19-49(53)50-23-13-27-55-56(50)51-20-8-11-26-54(51)58-55)43-35-32-41(33-36-43)45-21-12-22-47-44-17-5-4-16-40(44)34-37-48(45)47/h1-37H. The fraction of sp³-hybridized carbons (Fsp3) is 0. The van der Waals surface area contributed by atoms with Crippen LogP contribution in [0.3, 0.4) is 0 Å². The second kappa shape index (κ2) is 14.1. The van der Waals surface area contributed by atoms with Gasteiger partial charge in [-0.1, -0.05) is 188 Å². The summed E-state index contributed by atoms with van der Waals surface area (Å²) in [5.74, 6) is 0. The van der Waals surface area contributed by atoms with Gasteiger partial charge in [-0.2, -0.15) is 0 Å². The lowest BCUT2D eigenvalue weighted by Gasteiger charge is -2.30. The molecule has 0 saturated carbocycles. The van der Waals surface area contributed by atoms with E-state index < -0.39 is 0 Å². The van der Waals surface area contributed by atoms with Crippen molar-refractivity contribution < 1.29 is 4.42 Å². The summed E-state index contributed by atoms with van der Waals surface area (Å²) in [5.41, 5.74) is 14.4. The molecular weight excluding hydrogens is 703 g/mol. The predicted octanol–water partition coefficient (Wildman–Crippen LogP) is 16.0. The first-order valence-corrected chi connectivity index (χ1v) is 19.8. The quantitative estimate of drug-likeness (QED) is 0.151. The third-order valence-corrected chi connectivity index (χ3v) is 11.5. The lowest BCUT2D eigenvalue weighted by Crippen LogP contribution is -2.12. The largest absolute Gasteiger partial charge is 0.456 e. The van der Waals surface area contributed by atoms with Crippen molar-refractivity contribution in [3.05, 3.63) is 224 Å². The van der Waals surface area contributed by atoms with Gasteiger partial charge >= 0.3 is 0 Å². The van der Waals surface area contributed by atoms with Crippen LogP contribution >= 0.6 is 0 Å². The highest BCUT2D eigenvalue weighted by molar-refractivity contribution is 6.14. The molecule has 10 aromatic carbocycles. The molecule has 1 aromatic heterocycles. The van der Waals surface area contributed by atoms with Crippen molar-refractivity contribution in [3.8, 4) is 44.5 Å². The summed E-state index contributed by atoms with van der Waals surface area (Å²) in [4.78, 5) is 2.43. The lowest BCUT2D eigenvalue weighted by molar-refractivity contribution is 0.669. The van der Waals surface area contributed by atoms with Crippen LogP contribution in [-0.4, -0.2) is 0 Å². The fourth-order valence-electron chi connectivity index (χ4n) is 8.77. The van der Waals surface area contributed by atoms with Crippen LogP contribution in [0.25, 0.3) is 88.0 Å². The van der Waals surface area contributed by atoms with Crippen LogP contribution in [0.2, 0.25) is 0 Å². The Bertz CT molecular complexity index is 3270. The van der Waals surface area contributed by atoms with Crippen molar-refractivity contribution in [3.63, 3.8) is 0 Å². The van der Waals surface area contributed by atoms with Crippen LogP contribution in [0.1, 0.15) is 0 Å². The van der Waals surface area contributed by atoms with Crippen molar-refractivity contribution >= 4 is 60.5 Å². The molecule has 0 N–H and O–H groups in total. The van der Waals surface area contributed by atoms with Crippen LogP contribution < -0.4 is 4.90 Å². The average Bonchev–Trinajstić information content (AvgIpc) is 3.69. The van der Waals surface area contributed by atoms with E-state index in [9.17, 15) is 0 Å². The Morgan fingerprint density at radius 1 is 0.276 bits per heavy atom. The smallest absolute Gasteiger partial charge is 0.136 e. The van der Waals surface area contributed by atoms with Crippen molar-refractivity contribution in [1.29, 1.82) is 0 Å². The first-order valence-electron chi connectivity index (χ1n) is 19.8. The minimum absolute atomic E-state index is 0.881. The zero-order valence-electron chi connectivity index (χ0n) is 31.7. The van der Waals surface area contributed by atoms with Crippen LogP contribution in [0, 0.1) is 0 Å². The van der Waals surface area contributed by atoms with Gasteiger partial charge in [-0.3, -0.25) is 0 Å². The molecule has 2 heteroatoms. The Balaban J connectivity index is 1.10. The first kappa shape index (κ1) is 33.6. The molecule has 0 aliphatic rings. The number of hydrogen-bond donors (Lipinski definition) is 0. The van der Waals surface area contributed by atoms with Gasteiger partial charge in [0.15, 0.2) is 0 Å². The monoisotopic (exact) mass is 739 g/mol. The minimum Gasteiger partial charge on any atom is -0.456 e. The summed E-state index contributed by atoms with van der Waals surface area (Å²) >= 11 is 0. The van der Waals surface area contributed by atoms with E-state index in [2.05, 4.69) is 223 Å². The number of para-hydroxylation sites is 3. The van der Waals surface area contributed by atoms with E-state index in [1.54, 1.807) is 0 Å². The molecule has 0 saturated heterocycles. The minimum atomic E-state index is 0.881. The molecule has 0 fully saturated rings. The van der Waals surface area contributed by atoms with Gasteiger partial charge in [-0.25, -0.2) is 0 Å². The molecule has 0 spiro atoms. The lowest BCUT2D eigenvalue weighted by atomic mass is 9.94. The Morgan fingerprint density at radius 3 is 1.64 bits per heavy atom. The maximum atomic E-state index is 6.40. The molecule has 0 radical (unpaired) electrons. The number of rotatable bonds is 7. The van der Waals surface area contributed by atoms with Crippen LogP contribution in [0.15, 0.2) is 229 Å². The van der Waals surface area contributed by atoms with Gasteiger partial charge in [0, 0.05) is 27.6 Å². The van der Waals surface area contributed by atoms with E-state index in [4.69, 9.17) is 4.42 Å². The molecule has 2 nitrogen and oxygen atoms in total. The third kappa shape index (κ3) is 5.74. The number of anilines is 3. The molecule has 1 heterocycles. The van der Waals surface area contributed by atoms with E-state index in [0.717, 1.165) is 61.3 Å². The molecule has 11 aromatic rings. The average molecular weight is 740 g/mol. The maximum absolute atomic E-state index is 6.40. The summed E-state index contributed by atoms with van der Waals surface area (Å²) < 4.78 is 6.40. The van der Waals surface area contributed by atoms with Gasteiger partial charge in [0.1, 0.15) is 11.2 Å². The van der Waals surface area contributed by atoms with Crippen LogP contribution in [-0.2, 0) is 0 Å². The topological polar surface area (TPSA) is 16.4 Å². The second-order valence-corrected chi connectivity index (χ2v) is 14.8. The second-order valence-electron chi connectivity index (χ2n) is 14.8. The Morgan fingerprint density at radius 2 is 0.810 bits per heavy atom. The van der Waals surface area contributed by atoms with Gasteiger partial charge in [0.05, 0.1) is 11.4 Å². The van der Waals surface area contributed by atoms with Crippen molar-refractivity contribution in [2.75, 3.05) is 4.90 Å². The highest BCUT2D eigenvalue weighted by Crippen LogP contribution is 2.47. The number of fused-ring (bicyclic) bond motifs is 6. The maximum Gasteiger partial charge on any atom is 0.136 e. The first-order chi connectivity index (χ1) is 28.8. The van der Waals surface area contributed by atoms with Gasteiger partial charge in [-0.15, -0.1) is 0 Å². The molecule has 0 bridgehead atoms. The Labute approximate surface area is 337 Å². The molecule has 58 heavy (non-hydrogen) atoms. The van der Waals surface area contributed by atoms with Crippen molar-refractivity contribution in [2.24, 2.45) is 0 Å². The van der Waals surface area contributed by atoms with Gasteiger partial charge < -0.3 is 9.32 Å². The van der Waals surface area contributed by atoms with Gasteiger partial charge in [-0.05, 0) is 91.3 Å². The van der Waals surface area contributed by atoms with Crippen LogP contribution in [0.5, 0.6) is 0 Å². The molecule has 11 rings (SSSR count). The third-order valence-electron chi connectivity index (χ3n) is 11.5. The Hall–Kier alpha value is -7.68. The number of nitrogens with zero attached hydrogens (tertiary/aromatic N) is 1. The molecule has 0 aliphatic heterocycles. The normalized spacial score (nSPS) is 11.4. The molecule has 272 valence electrons. The van der Waals surface area contributed by atoms with E-state index >= 15 is 0 Å². The highest BCUT2D eigenvalue weighted by Gasteiger charge is 2.22. The molecular formula is C56H37NO. The zero-order chi connectivity index (χ0) is 38.4. The molecule has 0 amide bonds. The highest BCUT2D eigenvalue weighted by atomic mass is 16.3. The number of furan rings is 1. The number of benzene rings is 10. The number of hydrogen-bond acceptors (Lipinski definition) is 2. The Kier molecular flexibility index (Phi) is 8.19. The van der Waals surface area contributed by atoms with E-state index in [-0.39, 0.29) is 0 Å². The molecule has 0 atom stereocenters. The van der Waals surface area contributed by atoms with Crippen molar-refractivity contribution in [2.45, 2.75) is 0 Å². The summed E-state index contributed by atoms with van der Waals surface area (Å²) in [6, 6.07) is 80.7. The molecule has 0 aliphatic carbocycles. The fourth-order valence-corrected chi connectivity index (χ4v) is 8.77. The van der Waals surface area contributed by atoms with E-state index in [0.29, 0.717) is 0 Å². The summed E-state index contributed by atoms with van der Waals surface area (Å²) in [5, 5.41) is 7.28. The van der Waals surface area contributed by atoms with Crippen molar-refractivity contribution in [1.82, 2.24) is 0 Å². The van der Waals surface area contributed by atoms with E-state index in [1.807, 2.05) is 6.07 Å². The summed E-state index contributed by atoms with van der Waals surface area (Å²) in [6.45, 7) is 0. The zero-order valence-corrected chi connectivity index (χ0v) is 31.7. The summed E-state index contributed by atoms with van der Waals surface area (Å²) in [6.07, 6.45) is 0. The predicted molar refractivity (Wildman–Crippen MR) is 245 cm³/mol. The molecule has 0 unspecified atom stereocenters. The van der Waals surface area contributed by atoms with Gasteiger partial charge in [0.25, 0.3) is 0 Å². The summed E-state index contributed by atoms with van der Waals surface area (Å²) in [7, 11) is 0. The van der Waals surface area contributed by atoms with E-state index in [1.165, 1.54) is 43.8 Å². The van der Waals surface area contributed by atoms with Crippen LogP contribution in [0.4, 0.5) is 17.1 Å². The SMILES string of the molecule is c1ccc(-c2ccc(-c3ccccc3N(c3ccc(-c4cccc5c4ccc4ccccc45)cc3)c3ccccc3-c3cccc4oc5ccccc5c34)cc2)cc1. The van der Waals surface area contributed by atoms with Gasteiger partial charge in [0.2, 0.25) is 0 Å².